The van der Waals surface area contributed by atoms with Crippen LogP contribution < -0.4 is 5.73 Å². The number of oxime groups is 1. The molecule has 5 heteroatoms. The normalized spacial score (nSPS) is 10.5. The molecule has 2 rings (SSSR count). The second-order valence-corrected chi connectivity index (χ2v) is 4.62. The topological polar surface area (TPSA) is 84.9 Å². The van der Waals surface area contributed by atoms with Crippen molar-refractivity contribution in [2.75, 3.05) is 0 Å². The van der Waals surface area contributed by atoms with Gasteiger partial charge < -0.3 is 15.7 Å². The molecule has 122 valence electrons. The lowest BCUT2D eigenvalue weighted by Gasteiger charge is -2.04. The zero-order chi connectivity index (χ0) is 17.2. The van der Waals surface area contributed by atoms with E-state index in [0.29, 0.717) is 12.2 Å². The van der Waals surface area contributed by atoms with Crippen molar-refractivity contribution in [3.05, 3.63) is 70.8 Å². The highest BCUT2D eigenvalue weighted by Gasteiger charge is 2.05. The molecule has 0 saturated carbocycles. The molecule has 23 heavy (non-hydrogen) atoms. The Hall–Kier alpha value is -2.82. The number of carboxylic acid groups (broad SMARTS) is 1. The average molecular weight is 314 g/mol. The van der Waals surface area contributed by atoms with Gasteiger partial charge in [0.25, 0.3) is 0 Å². The number of carboxylic acids is 1. The van der Waals surface area contributed by atoms with Crippen LogP contribution in [-0.2, 0) is 11.4 Å². The molecule has 2 aromatic carbocycles. The summed E-state index contributed by atoms with van der Waals surface area (Å²) in [4.78, 5) is 16.1. The highest BCUT2D eigenvalue weighted by molar-refractivity contribution is 5.99. The summed E-state index contributed by atoms with van der Waals surface area (Å²) in [6, 6.07) is 14.1. The molecular formula is C18H22N2O3. The Morgan fingerprint density at radius 3 is 2.35 bits per heavy atom. The molecule has 5 nitrogen and oxygen atoms in total. The molecule has 0 radical (unpaired) electrons. The minimum Gasteiger partial charge on any atom is -0.478 e. The number of hydrogen-bond donors (Lipinski definition) is 2. The summed E-state index contributed by atoms with van der Waals surface area (Å²) in [6.07, 6.45) is 0. The molecule has 0 aromatic heterocycles. The molecule has 0 aliphatic heterocycles. The molecule has 0 heterocycles. The molecule has 0 aliphatic rings. The minimum atomic E-state index is -1.01. The van der Waals surface area contributed by atoms with E-state index in [1.807, 2.05) is 45.0 Å². The van der Waals surface area contributed by atoms with Crippen LogP contribution in [0.25, 0.3) is 0 Å². The van der Waals surface area contributed by atoms with Crippen molar-refractivity contribution < 1.29 is 14.7 Å². The molecular weight excluding hydrogens is 292 g/mol. The highest BCUT2D eigenvalue weighted by Crippen LogP contribution is 2.07. The summed E-state index contributed by atoms with van der Waals surface area (Å²) < 4.78 is 0. The summed E-state index contributed by atoms with van der Waals surface area (Å²) in [5.74, 6) is -0.865. The highest BCUT2D eigenvalue weighted by atomic mass is 16.6. The molecule has 2 aromatic rings. The van der Waals surface area contributed by atoms with E-state index in [4.69, 9.17) is 15.7 Å². The molecule has 0 unspecified atom stereocenters. The zero-order valence-electron chi connectivity index (χ0n) is 13.6. The smallest absolute Gasteiger partial charge is 0.335 e. The second kappa shape index (κ2) is 9.25. The van der Waals surface area contributed by atoms with Gasteiger partial charge in [0.15, 0.2) is 5.84 Å². The van der Waals surface area contributed by atoms with Crippen molar-refractivity contribution in [3.8, 4) is 0 Å². The predicted molar refractivity (Wildman–Crippen MR) is 91.4 cm³/mol. The average Bonchev–Trinajstić information content (AvgIpc) is 2.58. The zero-order valence-corrected chi connectivity index (χ0v) is 13.6. The number of aromatic carboxylic acids is 1. The number of carbonyl (C=O) groups is 1. The Morgan fingerprint density at radius 1 is 1.13 bits per heavy atom. The molecule has 3 N–H and O–H groups in total. The van der Waals surface area contributed by atoms with Crippen LogP contribution in [0.3, 0.4) is 0 Å². The number of aryl methyl sites for hydroxylation is 1. The van der Waals surface area contributed by atoms with Crippen molar-refractivity contribution in [2.24, 2.45) is 10.9 Å². The third kappa shape index (κ3) is 5.82. The number of hydrogen-bond acceptors (Lipinski definition) is 3. The fourth-order valence-corrected chi connectivity index (χ4v) is 1.72. The maximum absolute atomic E-state index is 10.9. The molecule has 0 bridgehead atoms. The van der Waals surface area contributed by atoms with E-state index >= 15 is 0 Å². The second-order valence-electron chi connectivity index (χ2n) is 4.62. The molecule has 0 spiro atoms. The predicted octanol–water partition coefficient (Wildman–Crippen LogP) is 3.56. The van der Waals surface area contributed by atoms with Gasteiger partial charge in [0, 0.05) is 5.56 Å². The summed E-state index contributed by atoms with van der Waals surface area (Å²) >= 11 is 0. The van der Waals surface area contributed by atoms with Gasteiger partial charge in [-0.1, -0.05) is 61.0 Å². The van der Waals surface area contributed by atoms with Gasteiger partial charge in [-0.25, -0.2) is 4.79 Å². The Labute approximate surface area is 136 Å². The van der Waals surface area contributed by atoms with Gasteiger partial charge in [0.2, 0.25) is 0 Å². The summed E-state index contributed by atoms with van der Waals surface area (Å²) in [5, 5.41) is 12.7. The van der Waals surface area contributed by atoms with Gasteiger partial charge in [0.05, 0.1) is 5.56 Å². The maximum atomic E-state index is 10.9. The SMILES string of the molecule is CC.Cc1ccc(CO/N=C(\N)c2cccc(C(=O)O)c2)cc1. The van der Waals surface area contributed by atoms with Crippen LogP contribution in [-0.4, -0.2) is 16.9 Å². The lowest BCUT2D eigenvalue weighted by atomic mass is 10.1. The molecule has 0 atom stereocenters. The van der Waals surface area contributed by atoms with E-state index in [-0.39, 0.29) is 11.4 Å². The van der Waals surface area contributed by atoms with E-state index in [1.54, 1.807) is 12.1 Å². The van der Waals surface area contributed by atoms with Crippen LogP contribution in [0.1, 0.15) is 40.9 Å². The summed E-state index contributed by atoms with van der Waals surface area (Å²) in [6.45, 7) is 6.32. The Kier molecular flexibility index (Phi) is 7.33. The Bertz CT molecular complexity index is 664. The van der Waals surface area contributed by atoms with Crippen LogP contribution in [0.5, 0.6) is 0 Å². The Balaban J connectivity index is 0.00000127. The van der Waals surface area contributed by atoms with Crippen LogP contribution in [0, 0.1) is 6.92 Å². The van der Waals surface area contributed by atoms with Crippen LogP contribution >= 0.6 is 0 Å². The summed E-state index contributed by atoms with van der Waals surface area (Å²) in [7, 11) is 0. The first-order chi connectivity index (χ1) is 11.1. The maximum Gasteiger partial charge on any atom is 0.335 e. The molecule has 0 saturated heterocycles. The third-order valence-electron chi connectivity index (χ3n) is 2.92. The van der Waals surface area contributed by atoms with Gasteiger partial charge in [-0.2, -0.15) is 0 Å². The number of nitrogens with two attached hydrogens (primary N) is 1. The van der Waals surface area contributed by atoms with Gasteiger partial charge in [-0.15, -0.1) is 0 Å². The third-order valence-corrected chi connectivity index (χ3v) is 2.92. The van der Waals surface area contributed by atoms with E-state index in [9.17, 15) is 4.79 Å². The van der Waals surface area contributed by atoms with E-state index in [2.05, 4.69) is 5.16 Å². The lowest BCUT2D eigenvalue weighted by Crippen LogP contribution is -2.14. The lowest BCUT2D eigenvalue weighted by molar-refractivity contribution is 0.0697. The van der Waals surface area contributed by atoms with E-state index in [1.165, 1.54) is 17.7 Å². The number of rotatable bonds is 5. The standard InChI is InChI=1S/C16H16N2O3.C2H6/c1-11-5-7-12(8-6-11)10-21-18-15(17)13-3-2-4-14(9-13)16(19)20;1-2/h2-9H,10H2,1H3,(H2,17,18)(H,19,20);1-2H3. The van der Waals surface area contributed by atoms with Crippen molar-refractivity contribution in [2.45, 2.75) is 27.4 Å². The van der Waals surface area contributed by atoms with Crippen LogP contribution in [0.15, 0.2) is 53.7 Å². The first-order valence-electron chi connectivity index (χ1n) is 7.41. The van der Waals surface area contributed by atoms with Crippen molar-refractivity contribution in [3.63, 3.8) is 0 Å². The van der Waals surface area contributed by atoms with Crippen LogP contribution in [0.2, 0.25) is 0 Å². The van der Waals surface area contributed by atoms with E-state index in [0.717, 1.165) is 5.56 Å². The van der Waals surface area contributed by atoms with Gasteiger partial charge in [0.1, 0.15) is 6.61 Å². The first kappa shape index (κ1) is 18.2. The molecule has 0 aliphatic carbocycles. The van der Waals surface area contributed by atoms with Gasteiger partial charge in [-0.05, 0) is 24.6 Å². The van der Waals surface area contributed by atoms with Crippen molar-refractivity contribution >= 4 is 11.8 Å². The quantitative estimate of drug-likeness (QED) is 0.502. The Morgan fingerprint density at radius 2 is 1.74 bits per heavy atom. The van der Waals surface area contributed by atoms with E-state index < -0.39 is 5.97 Å². The van der Waals surface area contributed by atoms with Gasteiger partial charge >= 0.3 is 5.97 Å². The monoisotopic (exact) mass is 314 g/mol. The fraction of sp³-hybridized carbons (Fsp3) is 0.222. The largest absolute Gasteiger partial charge is 0.478 e. The number of benzene rings is 2. The number of nitrogens with zero attached hydrogens (tertiary/aromatic N) is 1. The molecule has 0 fully saturated rings. The van der Waals surface area contributed by atoms with Crippen molar-refractivity contribution in [1.29, 1.82) is 0 Å². The van der Waals surface area contributed by atoms with Gasteiger partial charge in [-0.3, -0.25) is 0 Å². The fourth-order valence-electron chi connectivity index (χ4n) is 1.72. The first-order valence-corrected chi connectivity index (χ1v) is 7.41. The van der Waals surface area contributed by atoms with Crippen LogP contribution in [0.4, 0.5) is 0 Å². The minimum absolute atomic E-state index is 0.144. The van der Waals surface area contributed by atoms with Crippen molar-refractivity contribution in [1.82, 2.24) is 0 Å². The number of amidine groups is 1. The summed E-state index contributed by atoms with van der Waals surface area (Å²) in [5.41, 5.74) is 8.61. The molecule has 0 amide bonds.